The van der Waals surface area contributed by atoms with Crippen molar-refractivity contribution >= 4 is 62.2 Å². The van der Waals surface area contributed by atoms with Crippen molar-refractivity contribution in [3.8, 4) is 11.4 Å². The van der Waals surface area contributed by atoms with Gasteiger partial charge < -0.3 is 9.88 Å². The van der Waals surface area contributed by atoms with Crippen LogP contribution in [0.3, 0.4) is 0 Å². The fourth-order valence-electron chi connectivity index (χ4n) is 2.68. The Morgan fingerprint density at radius 1 is 1.32 bits per heavy atom. The maximum absolute atomic E-state index is 12.3. The number of amides is 1. The van der Waals surface area contributed by atoms with E-state index in [0.717, 1.165) is 40.4 Å². The number of thioether (sulfide) groups is 1. The standard InChI is InChI=1S/C19H20BrClN4OS2/c1-3-5-14-8-12(10-27-14)18-23-24-19(25(18)4-2)28-11-17(26)22-16-7-6-13(20)9-15(16)21/h6-10H,3-5,11H2,1-2H3,(H,22,26). The van der Waals surface area contributed by atoms with E-state index in [4.69, 9.17) is 11.6 Å². The molecule has 0 aliphatic carbocycles. The number of benzene rings is 1. The topological polar surface area (TPSA) is 59.8 Å². The molecule has 0 aliphatic rings. The van der Waals surface area contributed by atoms with E-state index in [-0.39, 0.29) is 11.7 Å². The van der Waals surface area contributed by atoms with E-state index in [1.807, 2.05) is 10.6 Å². The van der Waals surface area contributed by atoms with Gasteiger partial charge in [-0.2, -0.15) is 0 Å². The van der Waals surface area contributed by atoms with Crippen molar-refractivity contribution in [2.24, 2.45) is 0 Å². The molecule has 0 fully saturated rings. The van der Waals surface area contributed by atoms with Crippen molar-refractivity contribution in [2.45, 2.75) is 38.4 Å². The number of halogens is 2. The Balaban J connectivity index is 1.67. The molecule has 9 heteroatoms. The van der Waals surface area contributed by atoms with Crippen LogP contribution in [-0.2, 0) is 17.8 Å². The zero-order chi connectivity index (χ0) is 20.1. The number of thiophene rings is 1. The highest BCUT2D eigenvalue weighted by molar-refractivity contribution is 9.10. The van der Waals surface area contributed by atoms with E-state index < -0.39 is 0 Å². The van der Waals surface area contributed by atoms with E-state index >= 15 is 0 Å². The van der Waals surface area contributed by atoms with Crippen molar-refractivity contribution in [2.75, 3.05) is 11.1 Å². The largest absolute Gasteiger partial charge is 0.324 e. The maximum atomic E-state index is 12.3. The number of rotatable bonds is 8. The first-order chi connectivity index (χ1) is 13.5. The van der Waals surface area contributed by atoms with Crippen LogP contribution in [0.5, 0.6) is 0 Å². The number of aromatic nitrogens is 3. The van der Waals surface area contributed by atoms with Gasteiger partial charge in [-0.15, -0.1) is 21.5 Å². The number of anilines is 1. The van der Waals surface area contributed by atoms with Gasteiger partial charge in [0, 0.05) is 26.8 Å². The van der Waals surface area contributed by atoms with Crippen molar-refractivity contribution in [3.05, 3.63) is 44.0 Å². The minimum absolute atomic E-state index is 0.137. The second-order valence-corrected chi connectivity index (χ2v) is 9.32. The molecule has 0 spiro atoms. The second kappa shape index (κ2) is 9.91. The summed E-state index contributed by atoms with van der Waals surface area (Å²) >= 11 is 12.6. The normalized spacial score (nSPS) is 11.0. The van der Waals surface area contributed by atoms with Gasteiger partial charge >= 0.3 is 0 Å². The molecule has 0 radical (unpaired) electrons. The van der Waals surface area contributed by atoms with Crippen LogP contribution in [0.15, 0.2) is 39.3 Å². The number of carbonyl (C=O) groups is 1. The number of carbonyl (C=O) groups excluding carboxylic acids is 1. The van der Waals surface area contributed by atoms with Gasteiger partial charge in [-0.1, -0.05) is 52.6 Å². The molecule has 3 rings (SSSR count). The van der Waals surface area contributed by atoms with Gasteiger partial charge in [0.15, 0.2) is 11.0 Å². The number of nitrogens with zero attached hydrogens (tertiary/aromatic N) is 3. The van der Waals surface area contributed by atoms with Gasteiger partial charge in [-0.05, 0) is 37.6 Å². The molecule has 0 saturated heterocycles. The molecule has 28 heavy (non-hydrogen) atoms. The summed E-state index contributed by atoms with van der Waals surface area (Å²) in [7, 11) is 0. The van der Waals surface area contributed by atoms with Crippen molar-refractivity contribution in [1.29, 1.82) is 0 Å². The lowest BCUT2D eigenvalue weighted by molar-refractivity contribution is -0.113. The van der Waals surface area contributed by atoms with Gasteiger partial charge in [0.1, 0.15) is 0 Å². The smallest absolute Gasteiger partial charge is 0.234 e. The first-order valence-electron chi connectivity index (χ1n) is 8.90. The molecule has 2 aromatic heterocycles. The molecule has 0 unspecified atom stereocenters. The Bertz CT molecular complexity index is 973. The van der Waals surface area contributed by atoms with Crippen LogP contribution in [0.4, 0.5) is 5.69 Å². The van der Waals surface area contributed by atoms with Crippen LogP contribution in [-0.4, -0.2) is 26.4 Å². The lowest BCUT2D eigenvalue weighted by atomic mass is 10.2. The highest BCUT2D eigenvalue weighted by Crippen LogP contribution is 2.29. The Hall–Kier alpha value is -1.35. The van der Waals surface area contributed by atoms with Gasteiger partial charge in [0.25, 0.3) is 0 Å². The van der Waals surface area contributed by atoms with Crippen LogP contribution < -0.4 is 5.32 Å². The highest BCUT2D eigenvalue weighted by Gasteiger charge is 2.16. The molecule has 5 nitrogen and oxygen atoms in total. The fourth-order valence-corrected chi connectivity index (χ4v) is 5.17. The molecule has 0 atom stereocenters. The SMILES string of the molecule is CCCc1cc(-c2nnc(SCC(=O)Nc3ccc(Br)cc3Cl)n2CC)cs1. The molecule has 1 amide bonds. The zero-order valence-electron chi connectivity index (χ0n) is 15.5. The molecule has 1 aromatic carbocycles. The Kier molecular flexibility index (Phi) is 7.56. The lowest BCUT2D eigenvalue weighted by Gasteiger charge is -2.08. The van der Waals surface area contributed by atoms with E-state index in [0.29, 0.717) is 10.7 Å². The molecule has 2 heterocycles. The van der Waals surface area contributed by atoms with Crippen molar-refractivity contribution < 1.29 is 4.79 Å². The van der Waals surface area contributed by atoms with Gasteiger partial charge in [-0.3, -0.25) is 4.79 Å². The van der Waals surface area contributed by atoms with E-state index in [1.54, 1.807) is 23.5 Å². The van der Waals surface area contributed by atoms with Crippen molar-refractivity contribution in [3.63, 3.8) is 0 Å². The number of nitrogens with one attached hydrogen (secondary N) is 1. The van der Waals surface area contributed by atoms with Crippen LogP contribution in [0.25, 0.3) is 11.4 Å². The summed E-state index contributed by atoms with van der Waals surface area (Å²) < 4.78 is 2.91. The average molecular weight is 500 g/mol. The quantitative estimate of drug-likeness (QED) is 0.379. The molecule has 148 valence electrons. The van der Waals surface area contributed by atoms with Crippen LogP contribution in [0.1, 0.15) is 25.1 Å². The Morgan fingerprint density at radius 2 is 2.14 bits per heavy atom. The first-order valence-corrected chi connectivity index (χ1v) is 11.9. The van der Waals surface area contributed by atoms with E-state index in [1.165, 1.54) is 16.6 Å². The summed E-state index contributed by atoms with van der Waals surface area (Å²) in [4.78, 5) is 13.7. The Morgan fingerprint density at radius 3 is 2.86 bits per heavy atom. The molecule has 0 saturated carbocycles. The summed E-state index contributed by atoms with van der Waals surface area (Å²) in [5, 5.41) is 14.8. The molecule has 3 aromatic rings. The summed E-state index contributed by atoms with van der Waals surface area (Å²) in [6.45, 7) is 4.97. The van der Waals surface area contributed by atoms with Crippen molar-refractivity contribution in [1.82, 2.24) is 14.8 Å². The fraction of sp³-hybridized carbons (Fsp3) is 0.316. The molecular formula is C19H20BrClN4OS2. The lowest BCUT2D eigenvalue weighted by Crippen LogP contribution is -2.15. The highest BCUT2D eigenvalue weighted by atomic mass is 79.9. The molecular weight excluding hydrogens is 480 g/mol. The van der Waals surface area contributed by atoms with Crippen LogP contribution >= 0.6 is 50.6 Å². The predicted octanol–water partition coefficient (Wildman–Crippen LogP) is 6.13. The van der Waals surface area contributed by atoms with Gasteiger partial charge in [-0.25, -0.2) is 0 Å². The third-order valence-corrected chi connectivity index (χ3v) is 6.75. The third-order valence-electron chi connectivity index (χ3n) is 3.98. The monoisotopic (exact) mass is 498 g/mol. The third kappa shape index (κ3) is 5.17. The van der Waals surface area contributed by atoms with Gasteiger partial charge in [0.2, 0.25) is 5.91 Å². The zero-order valence-corrected chi connectivity index (χ0v) is 19.5. The average Bonchev–Trinajstić information content (AvgIpc) is 3.29. The Labute approximate surface area is 186 Å². The van der Waals surface area contributed by atoms with Gasteiger partial charge in [0.05, 0.1) is 16.5 Å². The molecule has 0 bridgehead atoms. The molecule has 1 N–H and O–H groups in total. The minimum Gasteiger partial charge on any atom is -0.324 e. The van der Waals surface area contributed by atoms with E-state index in [2.05, 4.69) is 56.7 Å². The first kappa shape index (κ1) is 21.4. The second-order valence-electron chi connectivity index (χ2n) is 6.06. The summed E-state index contributed by atoms with van der Waals surface area (Å²) in [5.74, 6) is 0.942. The summed E-state index contributed by atoms with van der Waals surface area (Å²) in [6.07, 6.45) is 2.20. The van der Waals surface area contributed by atoms with E-state index in [9.17, 15) is 4.79 Å². The number of aryl methyl sites for hydroxylation is 1. The number of hydrogen-bond donors (Lipinski definition) is 1. The molecule has 0 aliphatic heterocycles. The van der Waals surface area contributed by atoms with Crippen LogP contribution in [0, 0.1) is 0 Å². The minimum atomic E-state index is -0.137. The maximum Gasteiger partial charge on any atom is 0.234 e. The summed E-state index contributed by atoms with van der Waals surface area (Å²) in [5.41, 5.74) is 1.68. The number of hydrogen-bond acceptors (Lipinski definition) is 5. The predicted molar refractivity (Wildman–Crippen MR) is 122 cm³/mol. The summed E-state index contributed by atoms with van der Waals surface area (Å²) in [6, 6.07) is 7.54. The van der Waals surface area contributed by atoms with Crippen LogP contribution in [0.2, 0.25) is 5.02 Å².